The first-order chi connectivity index (χ1) is 8.02. The minimum Gasteiger partial charge on any atom is -0.480 e. The van der Waals surface area contributed by atoms with Gasteiger partial charge in [0, 0.05) is 26.1 Å². The second-order valence-electron chi connectivity index (χ2n) is 4.01. The molecule has 1 amide bonds. The van der Waals surface area contributed by atoms with E-state index in [1.165, 1.54) is 7.11 Å². The first-order valence-electron chi connectivity index (χ1n) is 5.75. The summed E-state index contributed by atoms with van der Waals surface area (Å²) in [6.45, 7) is 2.60. The van der Waals surface area contributed by atoms with Crippen molar-refractivity contribution in [3.63, 3.8) is 0 Å². The molecule has 0 aromatic rings. The Labute approximate surface area is 102 Å². The van der Waals surface area contributed by atoms with Gasteiger partial charge in [0.25, 0.3) is 0 Å². The average Bonchev–Trinajstić information content (AvgIpc) is 2.30. The number of nitrogens with one attached hydrogen (secondary N) is 1. The molecule has 6 nitrogen and oxygen atoms in total. The third-order valence-corrected chi connectivity index (χ3v) is 2.51. The van der Waals surface area contributed by atoms with Crippen LogP contribution in [-0.4, -0.2) is 43.3 Å². The van der Waals surface area contributed by atoms with Crippen LogP contribution in [0.25, 0.3) is 0 Å². The Morgan fingerprint density at radius 3 is 2.53 bits per heavy atom. The summed E-state index contributed by atoms with van der Waals surface area (Å²) in [6.07, 6.45) is 1.69. The quantitative estimate of drug-likeness (QED) is 0.530. The molecule has 0 aliphatic carbocycles. The lowest BCUT2D eigenvalue weighted by atomic mass is 10.0. The zero-order valence-electron chi connectivity index (χ0n) is 10.4. The summed E-state index contributed by atoms with van der Waals surface area (Å²) >= 11 is 0. The smallest absolute Gasteiger partial charge is 0.326 e. The van der Waals surface area contributed by atoms with Crippen molar-refractivity contribution in [1.82, 2.24) is 5.32 Å². The number of amides is 1. The monoisotopic (exact) mass is 246 g/mol. The largest absolute Gasteiger partial charge is 0.480 e. The second-order valence-corrected chi connectivity index (χ2v) is 4.01. The molecule has 0 radical (unpaired) electrons. The van der Waals surface area contributed by atoms with E-state index in [4.69, 9.17) is 15.6 Å². The minimum absolute atomic E-state index is 0.219. The number of hydrogen-bond donors (Lipinski definition) is 3. The number of hydrogen-bond acceptors (Lipinski definition) is 4. The summed E-state index contributed by atoms with van der Waals surface area (Å²) < 4.78 is 4.80. The van der Waals surface area contributed by atoms with Crippen molar-refractivity contribution in [3.05, 3.63) is 0 Å². The van der Waals surface area contributed by atoms with Crippen LogP contribution in [0.4, 0.5) is 0 Å². The van der Waals surface area contributed by atoms with Gasteiger partial charge in [0.2, 0.25) is 5.91 Å². The second kappa shape index (κ2) is 8.95. The van der Waals surface area contributed by atoms with Crippen LogP contribution in [0.3, 0.4) is 0 Å². The molecule has 17 heavy (non-hydrogen) atoms. The molecule has 0 aliphatic rings. The van der Waals surface area contributed by atoms with Crippen molar-refractivity contribution < 1.29 is 19.4 Å². The van der Waals surface area contributed by atoms with E-state index in [-0.39, 0.29) is 18.2 Å². The number of aliphatic carboxylic acids is 1. The number of rotatable bonds is 9. The fourth-order valence-electron chi connectivity index (χ4n) is 1.36. The molecule has 0 aromatic heterocycles. The lowest BCUT2D eigenvalue weighted by Crippen LogP contribution is -2.43. The Hall–Kier alpha value is -1.14. The maximum atomic E-state index is 11.7. The fraction of sp³-hybridized carbons (Fsp3) is 0.818. The topological polar surface area (TPSA) is 102 Å². The van der Waals surface area contributed by atoms with Crippen molar-refractivity contribution in [2.24, 2.45) is 11.7 Å². The van der Waals surface area contributed by atoms with Gasteiger partial charge in [-0.1, -0.05) is 6.92 Å². The van der Waals surface area contributed by atoms with Crippen LogP contribution in [0.2, 0.25) is 0 Å². The van der Waals surface area contributed by atoms with Crippen molar-refractivity contribution >= 4 is 11.9 Å². The van der Waals surface area contributed by atoms with Crippen molar-refractivity contribution in [2.75, 3.05) is 20.3 Å². The molecule has 4 N–H and O–H groups in total. The van der Waals surface area contributed by atoms with Crippen LogP contribution in [-0.2, 0) is 14.3 Å². The van der Waals surface area contributed by atoms with Crippen molar-refractivity contribution in [2.45, 2.75) is 32.2 Å². The van der Waals surface area contributed by atoms with Gasteiger partial charge in [0.15, 0.2) is 0 Å². The first kappa shape index (κ1) is 15.9. The zero-order valence-corrected chi connectivity index (χ0v) is 10.4. The third kappa shape index (κ3) is 6.91. The van der Waals surface area contributed by atoms with E-state index in [1.54, 1.807) is 6.92 Å². The first-order valence-corrected chi connectivity index (χ1v) is 5.75. The lowest BCUT2D eigenvalue weighted by Gasteiger charge is -2.17. The van der Waals surface area contributed by atoms with Gasteiger partial charge in [0.05, 0.1) is 0 Å². The average molecular weight is 246 g/mol. The summed E-state index contributed by atoms with van der Waals surface area (Å²) in [5.41, 5.74) is 5.35. The molecular weight excluding hydrogens is 224 g/mol. The molecule has 0 spiro atoms. The number of carboxylic acids is 1. The van der Waals surface area contributed by atoms with E-state index in [2.05, 4.69) is 5.32 Å². The number of carbonyl (C=O) groups excluding carboxylic acids is 1. The van der Waals surface area contributed by atoms with Gasteiger partial charge in [-0.05, 0) is 19.4 Å². The number of methoxy groups -OCH3 is 1. The summed E-state index contributed by atoms with van der Waals surface area (Å²) in [4.78, 5) is 22.6. The molecule has 0 fully saturated rings. The number of ether oxygens (including phenoxy) is 1. The van der Waals surface area contributed by atoms with E-state index in [0.717, 1.165) is 6.42 Å². The highest BCUT2D eigenvalue weighted by Gasteiger charge is 2.22. The van der Waals surface area contributed by atoms with Crippen LogP contribution in [0.5, 0.6) is 0 Å². The molecule has 0 aromatic carbocycles. The maximum absolute atomic E-state index is 11.7. The predicted molar refractivity (Wildman–Crippen MR) is 63.5 cm³/mol. The molecule has 0 rings (SSSR count). The van der Waals surface area contributed by atoms with E-state index in [1.807, 2.05) is 0 Å². The zero-order chi connectivity index (χ0) is 13.3. The third-order valence-electron chi connectivity index (χ3n) is 2.51. The van der Waals surface area contributed by atoms with Gasteiger partial charge in [-0.2, -0.15) is 0 Å². The van der Waals surface area contributed by atoms with Crippen LogP contribution in [0.1, 0.15) is 26.2 Å². The fourth-order valence-corrected chi connectivity index (χ4v) is 1.36. The SMILES string of the molecule is COCCC(NC(=O)C(C)CCCN)C(=O)O. The Bertz CT molecular complexity index is 246. The standard InChI is InChI=1S/C11H22N2O4/c1-8(4-3-6-12)10(14)13-9(11(15)16)5-7-17-2/h8-9H,3-7,12H2,1-2H3,(H,13,14)(H,15,16). The van der Waals surface area contributed by atoms with Crippen molar-refractivity contribution in [1.29, 1.82) is 0 Å². The van der Waals surface area contributed by atoms with Crippen LogP contribution >= 0.6 is 0 Å². The highest BCUT2D eigenvalue weighted by atomic mass is 16.5. The summed E-state index contributed by atoms with van der Waals surface area (Å²) in [5, 5.41) is 11.4. The molecule has 100 valence electrons. The van der Waals surface area contributed by atoms with Gasteiger partial charge in [-0.25, -0.2) is 4.79 Å². The summed E-state index contributed by atoms with van der Waals surface area (Å²) in [7, 11) is 1.49. The molecule has 0 saturated heterocycles. The van der Waals surface area contributed by atoms with Crippen LogP contribution in [0.15, 0.2) is 0 Å². The Morgan fingerprint density at radius 1 is 1.41 bits per heavy atom. The molecule has 0 aliphatic heterocycles. The van der Waals surface area contributed by atoms with Crippen molar-refractivity contribution in [3.8, 4) is 0 Å². The summed E-state index contributed by atoms with van der Waals surface area (Å²) in [6, 6.07) is -0.886. The number of nitrogens with two attached hydrogens (primary N) is 1. The molecule has 0 heterocycles. The Balaban J connectivity index is 4.15. The number of carboxylic acid groups (broad SMARTS) is 1. The molecule has 0 bridgehead atoms. The van der Waals surface area contributed by atoms with E-state index in [0.29, 0.717) is 19.6 Å². The Kier molecular flexibility index (Phi) is 8.35. The summed E-state index contributed by atoms with van der Waals surface area (Å²) in [5.74, 6) is -1.51. The van der Waals surface area contributed by atoms with Gasteiger partial charge >= 0.3 is 5.97 Å². The van der Waals surface area contributed by atoms with Gasteiger partial charge in [-0.3, -0.25) is 4.79 Å². The molecule has 2 atom stereocenters. The van der Waals surface area contributed by atoms with Gasteiger partial charge in [0.1, 0.15) is 6.04 Å². The Morgan fingerprint density at radius 2 is 2.06 bits per heavy atom. The molecule has 6 heteroatoms. The van der Waals surface area contributed by atoms with E-state index in [9.17, 15) is 9.59 Å². The number of carbonyl (C=O) groups is 2. The molecular formula is C11H22N2O4. The van der Waals surface area contributed by atoms with Gasteiger partial charge in [-0.15, -0.1) is 0 Å². The van der Waals surface area contributed by atoms with Crippen LogP contribution in [0, 0.1) is 5.92 Å². The predicted octanol–water partition coefficient (Wildman–Crippen LogP) is -0.0327. The highest BCUT2D eigenvalue weighted by molar-refractivity contribution is 5.84. The molecule has 2 unspecified atom stereocenters. The van der Waals surface area contributed by atoms with E-state index >= 15 is 0 Å². The minimum atomic E-state index is -1.04. The maximum Gasteiger partial charge on any atom is 0.326 e. The van der Waals surface area contributed by atoms with Gasteiger partial charge < -0.3 is 20.9 Å². The molecule has 0 saturated carbocycles. The lowest BCUT2D eigenvalue weighted by molar-refractivity contribution is -0.142. The van der Waals surface area contributed by atoms with E-state index < -0.39 is 12.0 Å². The van der Waals surface area contributed by atoms with Crippen LogP contribution < -0.4 is 11.1 Å². The normalized spacial score (nSPS) is 14.1. The highest BCUT2D eigenvalue weighted by Crippen LogP contribution is 2.06.